The molecule has 49 heavy (non-hydrogen) atoms. The van der Waals surface area contributed by atoms with Crippen LogP contribution in [0.4, 0.5) is 0 Å². The summed E-state index contributed by atoms with van der Waals surface area (Å²) in [7, 11) is 0. The molecule has 2 saturated carbocycles. The molecule has 8 unspecified atom stereocenters. The summed E-state index contributed by atoms with van der Waals surface area (Å²) in [4.78, 5) is 84.4. The van der Waals surface area contributed by atoms with Gasteiger partial charge in [-0.05, 0) is 63.2 Å². The summed E-state index contributed by atoms with van der Waals surface area (Å²) in [6.07, 6.45) is 17.1. The predicted octanol–water partition coefficient (Wildman–Crippen LogP) is 1.48. The number of primary amides is 2. The maximum Gasteiger partial charge on any atom is 0.256 e. The number of amides is 6. The highest BCUT2D eigenvalue weighted by molar-refractivity contribution is 6.13. The van der Waals surface area contributed by atoms with Gasteiger partial charge in [-0.25, -0.2) is 0 Å². The third-order valence-corrected chi connectivity index (χ3v) is 11.4. The Morgan fingerprint density at radius 2 is 1.06 bits per heavy atom. The summed E-state index contributed by atoms with van der Waals surface area (Å²) in [5.74, 6) is -3.48. The maximum absolute atomic E-state index is 13.9. The molecule has 0 radical (unpaired) electrons. The Labute approximate surface area is 287 Å². The molecule has 8 atom stereocenters. The topological polar surface area (TPSA) is 194 Å². The average Bonchev–Trinajstić information content (AvgIpc) is 3.89. The minimum Gasteiger partial charge on any atom is -0.371 e. The van der Waals surface area contributed by atoms with E-state index in [9.17, 15) is 28.8 Å². The van der Waals surface area contributed by atoms with Crippen LogP contribution < -0.4 is 22.1 Å². The molecule has 2 saturated heterocycles. The van der Waals surface area contributed by atoms with E-state index in [1.807, 2.05) is 0 Å². The predicted molar refractivity (Wildman–Crippen MR) is 179 cm³/mol. The molecule has 4 fully saturated rings. The first-order valence-corrected chi connectivity index (χ1v) is 18.4. The number of nitrogens with two attached hydrogens (primary N) is 2. The maximum atomic E-state index is 13.9. The number of fused-ring (bicyclic) bond motifs is 4. The Morgan fingerprint density at radius 3 is 1.47 bits per heavy atom. The molecule has 13 nitrogen and oxygen atoms in total. The molecule has 6 aliphatic rings. The van der Waals surface area contributed by atoms with Gasteiger partial charge in [-0.2, -0.15) is 0 Å². The van der Waals surface area contributed by atoms with Gasteiger partial charge in [0.2, 0.25) is 22.9 Å². The summed E-state index contributed by atoms with van der Waals surface area (Å²) < 4.78 is 6.49. The number of carbonyl (C=O) groups excluding carboxylic acids is 6. The first kappa shape index (κ1) is 35.1. The molecule has 13 heteroatoms. The SMILES string of the molecule is NC(=O)C12CC(OC3CN4C(=O)CCCCCC/C=C\C5CC5NC(=O)C4(C(N)=O)C3)CN1C(=O)CCCCCC/C=C\C1CC1NC2=O. The zero-order valence-electron chi connectivity index (χ0n) is 28.4. The molecule has 6 amide bonds. The third kappa shape index (κ3) is 7.27. The van der Waals surface area contributed by atoms with Crippen LogP contribution in [0, 0.1) is 11.8 Å². The number of ether oxygens (including phenoxy) is 1. The number of rotatable bonds is 4. The fraction of sp³-hybridized carbons (Fsp3) is 0.722. The molecular weight excluding hydrogens is 628 g/mol. The number of carbonyl (C=O) groups is 6. The second kappa shape index (κ2) is 14.6. The highest BCUT2D eigenvalue weighted by Gasteiger charge is 2.62. The van der Waals surface area contributed by atoms with Gasteiger partial charge in [0.25, 0.3) is 23.6 Å². The first-order chi connectivity index (χ1) is 23.6. The van der Waals surface area contributed by atoms with E-state index in [2.05, 4.69) is 34.9 Å². The minimum absolute atomic E-state index is 0.0699. The molecule has 6 N–H and O–H groups in total. The molecule has 0 aromatic rings. The van der Waals surface area contributed by atoms with E-state index in [4.69, 9.17) is 16.2 Å². The number of hydrogen-bond donors (Lipinski definition) is 4. The fourth-order valence-electron chi connectivity index (χ4n) is 8.29. The Balaban J connectivity index is 1.24. The van der Waals surface area contributed by atoms with Crippen molar-refractivity contribution in [2.75, 3.05) is 13.1 Å². The number of allylic oxidation sites excluding steroid dienone is 2. The van der Waals surface area contributed by atoms with E-state index in [-0.39, 0.29) is 74.5 Å². The first-order valence-electron chi connectivity index (χ1n) is 18.4. The van der Waals surface area contributed by atoms with E-state index >= 15 is 0 Å². The van der Waals surface area contributed by atoms with Crippen LogP contribution in [0.25, 0.3) is 0 Å². The molecule has 0 bridgehead atoms. The molecule has 4 heterocycles. The summed E-state index contributed by atoms with van der Waals surface area (Å²) in [5.41, 5.74) is 8.06. The highest BCUT2D eigenvalue weighted by Crippen LogP contribution is 2.40. The van der Waals surface area contributed by atoms with Crippen molar-refractivity contribution in [1.82, 2.24) is 20.4 Å². The Morgan fingerprint density at radius 1 is 0.653 bits per heavy atom. The van der Waals surface area contributed by atoms with Crippen LogP contribution in [0.1, 0.15) is 103 Å². The smallest absolute Gasteiger partial charge is 0.256 e. The van der Waals surface area contributed by atoms with Crippen LogP contribution in [-0.2, 0) is 33.5 Å². The summed E-state index contributed by atoms with van der Waals surface area (Å²) in [6, 6.07) is -0.302. The normalized spacial score (nSPS) is 38.9. The van der Waals surface area contributed by atoms with E-state index in [1.54, 1.807) is 0 Å². The molecule has 6 rings (SSSR count). The lowest BCUT2D eigenvalue weighted by atomic mass is 9.91. The van der Waals surface area contributed by atoms with E-state index < -0.39 is 46.9 Å². The molecule has 4 aliphatic heterocycles. The number of nitrogens with one attached hydrogen (secondary N) is 2. The molecular formula is C36H52N6O7. The van der Waals surface area contributed by atoms with Gasteiger partial charge in [-0.3, -0.25) is 28.8 Å². The van der Waals surface area contributed by atoms with Crippen LogP contribution >= 0.6 is 0 Å². The molecule has 268 valence electrons. The Kier molecular flexibility index (Phi) is 10.5. The van der Waals surface area contributed by atoms with Gasteiger partial charge in [0, 0.05) is 50.9 Å². The van der Waals surface area contributed by atoms with Crippen molar-refractivity contribution in [3.63, 3.8) is 0 Å². The van der Waals surface area contributed by atoms with Crippen molar-refractivity contribution in [3.8, 4) is 0 Å². The van der Waals surface area contributed by atoms with Crippen LogP contribution in [0.5, 0.6) is 0 Å². The zero-order chi connectivity index (χ0) is 34.8. The Bertz CT molecular complexity index is 1300. The molecule has 0 aromatic heterocycles. The quantitative estimate of drug-likeness (QED) is 0.255. The van der Waals surface area contributed by atoms with Crippen LogP contribution in [-0.4, -0.2) is 93.7 Å². The second-order valence-electron chi connectivity index (χ2n) is 15.0. The lowest BCUT2D eigenvalue weighted by Crippen LogP contribution is -2.64. The number of nitrogens with zero attached hydrogens (tertiary/aromatic N) is 2. The van der Waals surface area contributed by atoms with Crippen LogP contribution in [0.15, 0.2) is 24.3 Å². The zero-order valence-corrected chi connectivity index (χ0v) is 28.4. The minimum atomic E-state index is -1.95. The van der Waals surface area contributed by atoms with Crippen molar-refractivity contribution < 1.29 is 33.5 Å². The molecule has 2 aliphatic carbocycles. The lowest BCUT2D eigenvalue weighted by molar-refractivity contribution is -0.152. The largest absolute Gasteiger partial charge is 0.371 e. The summed E-state index contributed by atoms with van der Waals surface area (Å²) in [6.45, 7) is -0.140. The van der Waals surface area contributed by atoms with Crippen molar-refractivity contribution >= 4 is 35.4 Å². The van der Waals surface area contributed by atoms with Crippen molar-refractivity contribution in [1.29, 1.82) is 0 Å². The van der Waals surface area contributed by atoms with Gasteiger partial charge in [0.1, 0.15) is 0 Å². The van der Waals surface area contributed by atoms with Gasteiger partial charge in [-0.15, -0.1) is 0 Å². The molecule has 0 aromatic carbocycles. The summed E-state index contributed by atoms with van der Waals surface area (Å²) >= 11 is 0. The third-order valence-electron chi connectivity index (χ3n) is 11.4. The summed E-state index contributed by atoms with van der Waals surface area (Å²) in [5, 5.41) is 5.94. The van der Waals surface area contributed by atoms with Crippen LogP contribution in [0.3, 0.4) is 0 Å². The fourth-order valence-corrected chi connectivity index (χ4v) is 8.29. The average molecular weight is 681 g/mol. The van der Waals surface area contributed by atoms with Gasteiger partial charge < -0.3 is 36.6 Å². The number of hydrogen-bond acceptors (Lipinski definition) is 7. The lowest BCUT2D eigenvalue weighted by Gasteiger charge is -2.34. The van der Waals surface area contributed by atoms with E-state index in [0.717, 1.165) is 64.2 Å². The van der Waals surface area contributed by atoms with Gasteiger partial charge in [0.15, 0.2) is 0 Å². The van der Waals surface area contributed by atoms with Crippen LogP contribution in [0.2, 0.25) is 0 Å². The van der Waals surface area contributed by atoms with Crippen molar-refractivity contribution in [2.45, 2.75) is 138 Å². The standard InChI is InChI=1S/C36H52N6O7/c37-31(45)35-19-25(21-41(35)29(43)15-11-7-3-1-5-9-13-23-17-27(23)39-33(35)47)49-26-20-36(32(38)46)34(48)40-28-18-24(28)14-10-6-2-4-8-12-16-30(44)42(36)22-26/h9-10,13-14,23-28H,1-8,11-12,15-22H2,(H2,37,45)(H2,38,46)(H,39,47)(H,40,48)/b13-9-,14-10-. The van der Waals surface area contributed by atoms with Gasteiger partial charge in [0.05, 0.1) is 12.2 Å². The van der Waals surface area contributed by atoms with Crippen molar-refractivity contribution in [2.24, 2.45) is 23.3 Å². The van der Waals surface area contributed by atoms with E-state index in [0.29, 0.717) is 12.8 Å². The van der Waals surface area contributed by atoms with Gasteiger partial charge >= 0.3 is 0 Å². The van der Waals surface area contributed by atoms with Gasteiger partial charge in [-0.1, -0.05) is 50.0 Å². The second-order valence-corrected chi connectivity index (χ2v) is 15.0. The van der Waals surface area contributed by atoms with Crippen molar-refractivity contribution in [3.05, 3.63) is 24.3 Å². The molecule has 0 spiro atoms. The monoisotopic (exact) mass is 680 g/mol. The highest BCUT2D eigenvalue weighted by atomic mass is 16.5. The van der Waals surface area contributed by atoms with E-state index in [1.165, 1.54) is 9.80 Å². The Hall–Kier alpha value is -3.74.